The minimum atomic E-state index is -4.44. The fourth-order valence-electron chi connectivity index (χ4n) is 2.92. The van der Waals surface area contributed by atoms with E-state index in [1.807, 2.05) is 30.3 Å². The van der Waals surface area contributed by atoms with E-state index >= 15 is 0 Å². The molecule has 9 heteroatoms. The summed E-state index contributed by atoms with van der Waals surface area (Å²) in [4.78, 5) is 13.9. The number of rotatable bonds is 5. The van der Waals surface area contributed by atoms with E-state index < -0.39 is 11.9 Å². The monoisotopic (exact) mass is 382 g/mol. The second-order valence-electron chi connectivity index (χ2n) is 6.39. The van der Waals surface area contributed by atoms with Gasteiger partial charge in [0.15, 0.2) is 5.69 Å². The molecule has 27 heavy (non-hydrogen) atoms. The summed E-state index contributed by atoms with van der Waals surface area (Å²) in [6.07, 6.45) is -2.95. The molecule has 1 atom stereocenters. The van der Waals surface area contributed by atoms with Gasteiger partial charge in [-0.05, 0) is 18.1 Å². The number of aryl methyl sites for hydroxylation is 1. The van der Waals surface area contributed by atoms with Gasteiger partial charge in [-0.15, -0.1) is 0 Å². The normalized spacial score (nSPS) is 17.7. The maximum Gasteiger partial charge on any atom is 0.435 e. The zero-order valence-electron chi connectivity index (χ0n) is 14.7. The highest BCUT2D eigenvalue weighted by Crippen LogP contribution is 2.27. The van der Waals surface area contributed by atoms with Crippen molar-refractivity contribution in [2.75, 3.05) is 19.6 Å². The first-order valence-corrected chi connectivity index (χ1v) is 8.71. The summed E-state index contributed by atoms with van der Waals surface area (Å²) in [7, 11) is 0. The molecule has 1 aliphatic rings. The molecule has 2 aromatic rings. The quantitative estimate of drug-likeness (QED) is 0.864. The van der Waals surface area contributed by atoms with Gasteiger partial charge < -0.3 is 15.0 Å². The Bertz CT molecular complexity index is 749. The first kappa shape index (κ1) is 19.2. The third-order valence-electron chi connectivity index (χ3n) is 4.36. The summed E-state index contributed by atoms with van der Waals surface area (Å²) < 4.78 is 44.4. The number of carbonyl (C=O) groups excluding carboxylic acids is 1. The molecule has 0 bridgehead atoms. The maximum atomic E-state index is 12.6. The number of alkyl halides is 3. The Morgan fingerprint density at radius 3 is 2.74 bits per heavy atom. The highest BCUT2D eigenvalue weighted by molar-refractivity contribution is 5.67. The van der Waals surface area contributed by atoms with E-state index in [-0.39, 0.29) is 18.7 Å². The van der Waals surface area contributed by atoms with Gasteiger partial charge in [0.2, 0.25) is 0 Å². The summed E-state index contributed by atoms with van der Waals surface area (Å²) >= 11 is 0. The van der Waals surface area contributed by atoms with Crippen LogP contribution in [-0.2, 0) is 24.1 Å². The second kappa shape index (κ2) is 8.43. The van der Waals surface area contributed by atoms with Crippen LogP contribution in [-0.4, -0.2) is 46.4 Å². The number of hydrogen-bond donors (Lipinski definition) is 1. The minimum Gasteiger partial charge on any atom is -0.445 e. The Morgan fingerprint density at radius 2 is 2.04 bits per heavy atom. The average molecular weight is 382 g/mol. The first-order chi connectivity index (χ1) is 12.9. The molecule has 1 aromatic carbocycles. The lowest BCUT2D eigenvalue weighted by Crippen LogP contribution is -2.52. The number of halogens is 3. The van der Waals surface area contributed by atoms with E-state index in [2.05, 4.69) is 10.4 Å². The number of nitrogens with one attached hydrogen (secondary N) is 1. The standard InChI is InChI=1S/C18H21F3N4O2/c19-18(20,21)16-7-10-25(23-16)9-6-15-12-24(11-8-22-15)17(26)27-13-14-4-2-1-3-5-14/h1-5,7,10,15,22H,6,8-9,11-13H2/t15-/m1/s1. The van der Waals surface area contributed by atoms with Crippen molar-refractivity contribution in [3.8, 4) is 0 Å². The second-order valence-corrected chi connectivity index (χ2v) is 6.39. The third kappa shape index (κ3) is 5.46. The molecule has 0 aliphatic carbocycles. The van der Waals surface area contributed by atoms with E-state index in [1.54, 1.807) is 4.90 Å². The van der Waals surface area contributed by atoms with Crippen LogP contribution in [0.2, 0.25) is 0 Å². The highest BCUT2D eigenvalue weighted by atomic mass is 19.4. The predicted octanol–water partition coefficient (Wildman–Crippen LogP) is 2.90. The topological polar surface area (TPSA) is 59.4 Å². The largest absolute Gasteiger partial charge is 0.445 e. The first-order valence-electron chi connectivity index (χ1n) is 8.71. The molecule has 1 aromatic heterocycles. The Labute approximate surface area is 154 Å². The van der Waals surface area contributed by atoms with Crippen molar-refractivity contribution in [2.24, 2.45) is 0 Å². The van der Waals surface area contributed by atoms with Gasteiger partial charge in [0, 0.05) is 38.4 Å². The average Bonchev–Trinajstić information content (AvgIpc) is 3.15. The van der Waals surface area contributed by atoms with Crippen LogP contribution in [0.3, 0.4) is 0 Å². The van der Waals surface area contributed by atoms with Gasteiger partial charge in [-0.2, -0.15) is 18.3 Å². The Kier molecular flexibility index (Phi) is 6.00. The minimum absolute atomic E-state index is 0.0263. The molecule has 0 radical (unpaired) electrons. The molecule has 6 nitrogen and oxygen atoms in total. The molecular weight excluding hydrogens is 361 g/mol. The molecule has 1 amide bonds. The van der Waals surface area contributed by atoms with Crippen molar-refractivity contribution in [1.82, 2.24) is 20.0 Å². The molecule has 0 saturated carbocycles. The molecule has 1 fully saturated rings. The molecule has 0 spiro atoms. The number of piperazine rings is 1. The lowest BCUT2D eigenvalue weighted by atomic mass is 10.1. The predicted molar refractivity (Wildman–Crippen MR) is 91.8 cm³/mol. The van der Waals surface area contributed by atoms with Crippen LogP contribution in [0, 0.1) is 0 Å². The van der Waals surface area contributed by atoms with Crippen LogP contribution in [0.4, 0.5) is 18.0 Å². The summed E-state index contributed by atoms with van der Waals surface area (Å²) in [6, 6.07) is 10.3. The van der Waals surface area contributed by atoms with Crippen LogP contribution in [0.25, 0.3) is 0 Å². The van der Waals surface area contributed by atoms with Crippen molar-refractivity contribution < 1.29 is 22.7 Å². The lowest BCUT2D eigenvalue weighted by molar-refractivity contribution is -0.141. The highest BCUT2D eigenvalue weighted by Gasteiger charge is 2.33. The maximum absolute atomic E-state index is 12.6. The van der Waals surface area contributed by atoms with Gasteiger partial charge in [0.25, 0.3) is 0 Å². The van der Waals surface area contributed by atoms with Crippen molar-refractivity contribution >= 4 is 6.09 Å². The summed E-state index contributed by atoms with van der Waals surface area (Å²) in [5, 5.41) is 6.81. The van der Waals surface area contributed by atoms with Gasteiger partial charge in [-0.25, -0.2) is 4.79 Å². The number of hydrogen-bond acceptors (Lipinski definition) is 4. The van der Waals surface area contributed by atoms with E-state index in [9.17, 15) is 18.0 Å². The number of nitrogens with zero attached hydrogens (tertiary/aromatic N) is 3. The van der Waals surface area contributed by atoms with Crippen LogP contribution < -0.4 is 5.32 Å². The Balaban J connectivity index is 1.46. The van der Waals surface area contributed by atoms with Gasteiger partial charge in [0.1, 0.15) is 6.61 Å². The van der Waals surface area contributed by atoms with Crippen LogP contribution >= 0.6 is 0 Å². The van der Waals surface area contributed by atoms with Crippen LogP contribution in [0.1, 0.15) is 17.7 Å². The van der Waals surface area contributed by atoms with Crippen molar-refractivity contribution in [3.05, 3.63) is 53.9 Å². The SMILES string of the molecule is O=C(OCc1ccccc1)N1CCN[C@H](CCn2ccc(C(F)(F)F)n2)C1. The van der Waals surface area contributed by atoms with Gasteiger partial charge >= 0.3 is 12.3 Å². The zero-order chi connectivity index (χ0) is 19.3. The third-order valence-corrected chi connectivity index (χ3v) is 4.36. The van der Waals surface area contributed by atoms with E-state index in [4.69, 9.17) is 4.74 Å². The summed E-state index contributed by atoms with van der Waals surface area (Å²) in [5.74, 6) is 0. The number of ether oxygens (including phenoxy) is 1. The molecule has 146 valence electrons. The van der Waals surface area contributed by atoms with Crippen LogP contribution in [0.15, 0.2) is 42.6 Å². The summed E-state index contributed by atoms with van der Waals surface area (Å²) in [5.41, 5.74) is 0.0157. The number of benzene rings is 1. The molecule has 3 rings (SSSR count). The molecule has 0 unspecified atom stereocenters. The van der Waals surface area contributed by atoms with E-state index in [1.165, 1.54) is 10.9 Å². The van der Waals surface area contributed by atoms with Crippen molar-refractivity contribution in [2.45, 2.75) is 31.8 Å². The number of carbonyl (C=O) groups is 1. The molecule has 2 heterocycles. The van der Waals surface area contributed by atoms with Crippen LogP contribution in [0.5, 0.6) is 0 Å². The summed E-state index contributed by atoms with van der Waals surface area (Å²) in [6.45, 7) is 2.13. The molecule has 1 N–H and O–H groups in total. The Morgan fingerprint density at radius 1 is 1.26 bits per heavy atom. The fourth-order valence-corrected chi connectivity index (χ4v) is 2.92. The number of aromatic nitrogens is 2. The smallest absolute Gasteiger partial charge is 0.435 e. The van der Waals surface area contributed by atoms with E-state index in [0.29, 0.717) is 32.6 Å². The lowest BCUT2D eigenvalue weighted by Gasteiger charge is -2.33. The Hall–Kier alpha value is -2.55. The molecular formula is C18H21F3N4O2. The molecule has 1 saturated heterocycles. The molecule has 1 aliphatic heterocycles. The van der Waals surface area contributed by atoms with Crippen molar-refractivity contribution in [1.29, 1.82) is 0 Å². The fraction of sp³-hybridized carbons (Fsp3) is 0.444. The van der Waals surface area contributed by atoms with Gasteiger partial charge in [-0.1, -0.05) is 30.3 Å². The van der Waals surface area contributed by atoms with Gasteiger partial charge in [-0.3, -0.25) is 4.68 Å². The number of amides is 1. The zero-order valence-corrected chi connectivity index (χ0v) is 14.7. The van der Waals surface area contributed by atoms with Crippen molar-refractivity contribution in [3.63, 3.8) is 0 Å². The van der Waals surface area contributed by atoms with E-state index in [0.717, 1.165) is 11.6 Å². The van der Waals surface area contributed by atoms with Gasteiger partial charge in [0.05, 0.1) is 0 Å².